The summed E-state index contributed by atoms with van der Waals surface area (Å²) < 4.78 is 0. The highest BCUT2D eigenvalue weighted by Crippen LogP contribution is 2.38. The van der Waals surface area contributed by atoms with E-state index >= 15 is 0 Å². The van der Waals surface area contributed by atoms with Gasteiger partial charge in [0.25, 0.3) is 0 Å². The lowest BCUT2D eigenvalue weighted by atomic mass is 10.2. The molecule has 0 bridgehead atoms. The molecule has 0 aromatic heterocycles. The van der Waals surface area contributed by atoms with Crippen LogP contribution in [0.15, 0.2) is 0 Å². The topological polar surface area (TPSA) is 26.7 Å². The molecule has 2 aliphatic rings. The predicted octanol–water partition coefficient (Wildman–Crippen LogP) is 0.149. The van der Waals surface area contributed by atoms with Crippen molar-refractivity contribution in [2.24, 2.45) is 0 Å². The molecule has 76 valence electrons. The summed E-state index contributed by atoms with van der Waals surface area (Å²) in [4.78, 5) is 4.83. The van der Waals surface area contributed by atoms with Gasteiger partial charge in [-0.05, 0) is 26.3 Å². The summed E-state index contributed by atoms with van der Waals surface area (Å²) in [5, 5.41) is 9.67. The van der Waals surface area contributed by atoms with Gasteiger partial charge in [-0.15, -0.1) is 0 Å². The van der Waals surface area contributed by atoms with Crippen LogP contribution >= 0.6 is 0 Å². The lowest BCUT2D eigenvalue weighted by Crippen LogP contribution is -2.45. The Bertz CT molecular complexity index is 172. The summed E-state index contributed by atoms with van der Waals surface area (Å²) in [6, 6.07) is 0. The summed E-state index contributed by atoms with van der Waals surface area (Å²) >= 11 is 0. The van der Waals surface area contributed by atoms with E-state index in [2.05, 4.69) is 16.8 Å². The third-order valence-electron chi connectivity index (χ3n) is 3.32. The van der Waals surface area contributed by atoms with E-state index in [0.717, 1.165) is 25.8 Å². The van der Waals surface area contributed by atoms with Crippen LogP contribution in [0.5, 0.6) is 0 Å². The van der Waals surface area contributed by atoms with E-state index in [9.17, 15) is 5.11 Å². The van der Waals surface area contributed by atoms with E-state index in [0.29, 0.717) is 0 Å². The third kappa shape index (κ3) is 2.66. The van der Waals surface area contributed by atoms with E-state index in [1.54, 1.807) is 0 Å². The molecule has 0 aromatic carbocycles. The zero-order chi connectivity index (χ0) is 9.31. The van der Waals surface area contributed by atoms with Crippen LogP contribution in [0.1, 0.15) is 19.3 Å². The minimum atomic E-state index is -0.261. The molecule has 13 heavy (non-hydrogen) atoms. The molecule has 2 fully saturated rings. The molecular weight excluding hydrogens is 164 g/mol. The van der Waals surface area contributed by atoms with Crippen molar-refractivity contribution in [2.75, 3.05) is 39.8 Å². The van der Waals surface area contributed by atoms with Gasteiger partial charge in [-0.3, -0.25) is 0 Å². The molecule has 3 heteroatoms. The molecule has 0 atom stereocenters. The van der Waals surface area contributed by atoms with Gasteiger partial charge in [-0.2, -0.15) is 0 Å². The second kappa shape index (κ2) is 3.56. The molecule has 0 spiro atoms. The number of rotatable bonds is 3. The smallest absolute Gasteiger partial charge is 0.0662 e. The zero-order valence-electron chi connectivity index (χ0n) is 8.50. The highest BCUT2D eigenvalue weighted by atomic mass is 16.3. The molecule has 2 rings (SSSR count). The van der Waals surface area contributed by atoms with Gasteiger partial charge < -0.3 is 14.9 Å². The zero-order valence-corrected chi connectivity index (χ0v) is 8.50. The number of nitrogens with zero attached hydrogens (tertiary/aromatic N) is 2. The average molecular weight is 184 g/mol. The number of hydrogen-bond donors (Lipinski definition) is 1. The number of hydrogen-bond acceptors (Lipinski definition) is 3. The first-order valence-electron chi connectivity index (χ1n) is 5.31. The average Bonchev–Trinajstić information content (AvgIpc) is 2.84. The highest BCUT2D eigenvalue weighted by molar-refractivity contribution is 4.93. The summed E-state index contributed by atoms with van der Waals surface area (Å²) in [7, 11) is 2.17. The van der Waals surface area contributed by atoms with Crippen LogP contribution in [0.2, 0.25) is 0 Å². The van der Waals surface area contributed by atoms with Crippen LogP contribution in [0.3, 0.4) is 0 Å². The first-order chi connectivity index (χ1) is 6.18. The first-order valence-corrected chi connectivity index (χ1v) is 5.31. The molecule has 1 saturated heterocycles. The molecule has 0 unspecified atom stereocenters. The van der Waals surface area contributed by atoms with Gasteiger partial charge in [0.05, 0.1) is 5.60 Å². The van der Waals surface area contributed by atoms with Crippen molar-refractivity contribution in [3.8, 4) is 0 Å². The van der Waals surface area contributed by atoms with E-state index in [1.807, 2.05) is 0 Å². The number of likely N-dealkylation sites (N-methyl/N-ethyl adjacent to an activating group) is 1. The SMILES string of the molecule is CN1CCN(CCC2(O)CC2)CC1. The van der Waals surface area contributed by atoms with Gasteiger partial charge >= 0.3 is 0 Å². The Balaban J connectivity index is 1.65. The van der Waals surface area contributed by atoms with Crippen molar-refractivity contribution in [1.82, 2.24) is 9.80 Å². The molecule has 1 saturated carbocycles. The van der Waals surface area contributed by atoms with E-state index in [1.165, 1.54) is 26.2 Å². The van der Waals surface area contributed by atoms with Crippen LogP contribution in [-0.4, -0.2) is 60.3 Å². The van der Waals surface area contributed by atoms with Crippen molar-refractivity contribution in [2.45, 2.75) is 24.9 Å². The van der Waals surface area contributed by atoms with Crippen LogP contribution in [0, 0.1) is 0 Å². The Hall–Kier alpha value is -0.120. The van der Waals surface area contributed by atoms with Gasteiger partial charge in [-0.25, -0.2) is 0 Å². The quantitative estimate of drug-likeness (QED) is 0.676. The summed E-state index contributed by atoms with van der Waals surface area (Å²) in [6.07, 6.45) is 3.04. The molecule has 1 aliphatic carbocycles. The largest absolute Gasteiger partial charge is 0.390 e. The highest BCUT2D eigenvalue weighted by Gasteiger charge is 2.39. The maximum absolute atomic E-state index is 9.67. The fourth-order valence-corrected chi connectivity index (χ4v) is 1.83. The molecule has 3 nitrogen and oxygen atoms in total. The number of aliphatic hydroxyl groups is 1. The second-order valence-electron chi connectivity index (χ2n) is 4.62. The first kappa shape index (κ1) is 9.44. The third-order valence-corrected chi connectivity index (χ3v) is 3.32. The van der Waals surface area contributed by atoms with Crippen molar-refractivity contribution < 1.29 is 5.11 Å². The van der Waals surface area contributed by atoms with Gasteiger partial charge in [0.15, 0.2) is 0 Å². The Morgan fingerprint density at radius 3 is 2.31 bits per heavy atom. The predicted molar refractivity (Wildman–Crippen MR) is 52.7 cm³/mol. The molecule has 0 amide bonds. The minimum absolute atomic E-state index is 0.261. The molecule has 1 N–H and O–H groups in total. The number of piperazine rings is 1. The Morgan fingerprint density at radius 1 is 1.15 bits per heavy atom. The lowest BCUT2D eigenvalue weighted by Gasteiger charge is -2.32. The lowest BCUT2D eigenvalue weighted by molar-refractivity contribution is 0.0984. The van der Waals surface area contributed by atoms with Crippen molar-refractivity contribution in [3.05, 3.63) is 0 Å². The van der Waals surface area contributed by atoms with E-state index in [4.69, 9.17) is 0 Å². The minimum Gasteiger partial charge on any atom is -0.390 e. The second-order valence-corrected chi connectivity index (χ2v) is 4.62. The molecule has 0 aromatic rings. The van der Waals surface area contributed by atoms with Gasteiger partial charge in [0.2, 0.25) is 0 Å². The fourth-order valence-electron chi connectivity index (χ4n) is 1.83. The Morgan fingerprint density at radius 2 is 1.77 bits per heavy atom. The van der Waals surface area contributed by atoms with Crippen LogP contribution in [0.25, 0.3) is 0 Å². The molecule has 1 heterocycles. The normalized spacial score (nSPS) is 29.1. The van der Waals surface area contributed by atoms with Crippen LogP contribution in [-0.2, 0) is 0 Å². The standard InChI is InChI=1S/C10H20N2O/c1-11-6-8-12(9-7-11)5-4-10(13)2-3-10/h13H,2-9H2,1H3. The van der Waals surface area contributed by atoms with Gasteiger partial charge in [0.1, 0.15) is 0 Å². The van der Waals surface area contributed by atoms with Crippen molar-refractivity contribution in [1.29, 1.82) is 0 Å². The maximum Gasteiger partial charge on any atom is 0.0662 e. The van der Waals surface area contributed by atoms with Crippen LogP contribution in [0.4, 0.5) is 0 Å². The monoisotopic (exact) mass is 184 g/mol. The molecule has 1 aliphatic heterocycles. The Kier molecular flexibility index (Phi) is 2.58. The maximum atomic E-state index is 9.67. The van der Waals surface area contributed by atoms with Crippen molar-refractivity contribution >= 4 is 0 Å². The van der Waals surface area contributed by atoms with Crippen molar-refractivity contribution in [3.63, 3.8) is 0 Å². The van der Waals surface area contributed by atoms with Gasteiger partial charge in [0, 0.05) is 32.7 Å². The van der Waals surface area contributed by atoms with E-state index in [-0.39, 0.29) is 5.60 Å². The molecule has 0 radical (unpaired) electrons. The molecular formula is C10H20N2O. The van der Waals surface area contributed by atoms with E-state index < -0.39 is 0 Å². The van der Waals surface area contributed by atoms with Gasteiger partial charge in [-0.1, -0.05) is 0 Å². The Labute approximate surface area is 80.3 Å². The fraction of sp³-hybridized carbons (Fsp3) is 1.00. The summed E-state index contributed by atoms with van der Waals surface area (Å²) in [5.74, 6) is 0. The van der Waals surface area contributed by atoms with Crippen LogP contribution < -0.4 is 0 Å². The summed E-state index contributed by atoms with van der Waals surface area (Å²) in [5.41, 5.74) is -0.261. The summed E-state index contributed by atoms with van der Waals surface area (Å²) in [6.45, 7) is 5.79.